The van der Waals surface area contributed by atoms with Crippen molar-refractivity contribution in [1.29, 1.82) is 0 Å². The fourth-order valence-electron chi connectivity index (χ4n) is 1.75. The van der Waals surface area contributed by atoms with Gasteiger partial charge in [-0.25, -0.2) is 0 Å². The van der Waals surface area contributed by atoms with E-state index in [9.17, 15) is 0 Å². The second-order valence-electron chi connectivity index (χ2n) is 3.77. The third-order valence-corrected chi connectivity index (χ3v) is 3.67. The summed E-state index contributed by atoms with van der Waals surface area (Å²) in [7, 11) is 2.01. The maximum atomic E-state index is 4.30. The first-order chi connectivity index (χ1) is 7.83. The summed E-state index contributed by atoms with van der Waals surface area (Å²) >= 11 is 1.80. The molecule has 86 valence electrons. The molecule has 0 aliphatic carbocycles. The number of nitrogens with one attached hydrogen (secondary N) is 1. The fourth-order valence-corrected chi connectivity index (χ4v) is 2.59. The van der Waals surface area contributed by atoms with Gasteiger partial charge in [-0.05, 0) is 37.4 Å². The van der Waals surface area contributed by atoms with E-state index in [2.05, 4.69) is 41.0 Å². The molecule has 2 heterocycles. The summed E-state index contributed by atoms with van der Waals surface area (Å²) in [5.41, 5.74) is 1.29. The van der Waals surface area contributed by atoms with Gasteiger partial charge in [0, 0.05) is 23.7 Å². The lowest BCUT2D eigenvalue weighted by atomic mass is 10.1. The van der Waals surface area contributed by atoms with Crippen LogP contribution in [-0.4, -0.2) is 16.8 Å². The molecule has 2 aromatic rings. The molecular formula is C12H17N3S. The van der Waals surface area contributed by atoms with Crippen molar-refractivity contribution in [3.63, 3.8) is 0 Å². The molecule has 1 N–H and O–H groups in total. The van der Waals surface area contributed by atoms with Crippen LogP contribution in [0.3, 0.4) is 0 Å². The van der Waals surface area contributed by atoms with Crippen LogP contribution in [0, 0.1) is 0 Å². The summed E-state index contributed by atoms with van der Waals surface area (Å²) in [5.74, 6) is 0. The standard InChI is InChI=1S/C12H17N3S/c1-3-15-9-10(8-14-15)7-11(13-2)12-5-4-6-16-12/h4-6,8-9,11,13H,3,7H2,1-2H3. The zero-order valence-corrected chi connectivity index (χ0v) is 10.5. The lowest BCUT2D eigenvalue weighted by Gasteiger charge is -2.12. The predicted molar refractivity (Wildman–Crippen MR) is 67.7 cm³/mol. The molecule has 0 saturated heterocycles. The summed E-state index contributed by atoms with van der Waals surface area (Å²) in [6.07, 6.45) is 5.08. The molecular weight excluding hydrogens is 218 g/mol. The van der Waals surface area contributed by atoms with E-state index in [1.54, 1.807) is 11.3 Å². The average Bonchev–Trinajstić information content (AvgIpc) is 2.96. The van der Waals surface area contributed by atoms with E-state index >= 15 is 0 Å². The molecule has 1 atom stereocenters. The Balaban J connectivity index is 2.07. The molecule has 0 fully saturated rings. The van der Waals surface area contributed by atoms with Gasteiger partial charge >= 0.3 is 0 Å². The molecule has 0 spiro atoms. The molecule has 1 unspecified atom stereocenters. The molecule has 0 aliphatic rings. The van der Waals surface area contributed by atoms with Crippen molar-refractivity contribution in [1.82, 2.24) is 15.1 Å². The van der Waals surface area contributed by atoms with E-state index in [0.717, 1.165) is 13.0 Å². The molecule has 3 nitrogen and oxygen atoms in total. The van der Waals surface area contributed by atoms with Crippen LogP contribution in [0.1, 0.15) is 23.4 Å². The van der Waals surface area contributed by atoms with Crippen molar-refractivity contribution in [3.05, 3.63) is 40.3 Å². The number of aromatic nitrogens is 2. The van der Waals surface area contributed by atoms with Crippen LogP contribution in [0.15, 0.2) is 29.9 Å². The van der Waals surface area contributed by atoms with E-state index in [1.165, 1.54) is 10.4 Å². The maximum absolute atomic E-state index is 4.30. The average molecular weight is 235 g/mol. The van der Waals surface area contributed by atoms with Crippen LogP contribution < -0.4 is 5.32 Å². The Morgan fingerprint density at radius 1 is 1.56 bits per heavy atom. The number of hydrogen-bond donors (Lipinski definition) is 1. The van der Waals surface area contributed by atoms with E-state index < -0.39 is 0 Å². The van der Waals surface area contributed by atoms with Gasteiger partial charge in [-0.3, -0.25) is 4.68 Å². The highest BCUT2D eigenvalue weighted by Gasteiger charge is 2.11. The normalized spacial score (nSPS) is 12.9. The molecule has 0 radical (unpaired) electrons. The molecule has 2 aromatic heterocycles. The van der Waals surface area contributed by atoms with Crippen molar-refractivity contribution >= 4 is 11.3 Å². The Labute approximate surface area is 100 Å². The van der Waals surface area contributed by atoms with Crippen molar-refractivity contribution < 1.29 is 0 Å². The quantitative estimate of drug-likeness (QED) is 0.863. The van der Waals surface area contributed by atoms with Crippen LogP contribution in [0.5, 0.6) is 0 Å². The SMILES string of the molecule is CCn1cc(CC(NC)c2cccs2)cn1. The molecule has 0 aliphatic heterocycles. The predicted octanol–water partition coefficient (Wildman–Crippen LogP) is 2.47. The third kappa shape index (κ3) is 2.51. The molecule has 0 amide bonds. The minimum absolute atomic E-state index is 0.398. The first-order valence-electron chi connectivity index (χ1n) is 5.55. The van der Waals surface area contributed by atoms with Gasteiger partial charge < -0.3 is 5.32 Å². The maximum Gasteiger partial charge on any atom is 0.0522 e. The molecule has 4 heteroatoms. The van der Waals surface area contributed by atoms with Gasteiger partial charge in [0.1, 0.15) is 0 Å². The second kappa shape index (κ2) is 5.27. The van der Waals surface area contributed by atoms with Crippen LogP contribution in [0.4, 0.5) is 0 Å². The molecule has 2 rings (SSSR count). The Hall–Kier alpha value is -1.13. The van der Waals surface area contributed by atoms with Crippen LogP contribution in [0.2, 0.25) is 0 Å². The first-order valence-corrected chi connectivity index (χ1v) is 6.43. The van der Waals surface area contributed by atoms with Gasteiger partial charge in [-0.2, -0.15) is 5.10 Å². The Kier molecular flexibility index (Phi) is 3.74. The fraction of sp³-hybridized carbons (Fsp3) is 0.417. The highest BCUT2D eigenvalue weighted by Crippen LogP contribution is 2.22. The van der Waals surface area contributed by atoms with Gasteiger partial charge in [0.15, 0.2) is 0 Å². The summed E-state index contributed by atoms with van der Waals surface area (Å²) in [4.78, 5) is 1.38. The number of likely N-dealkylation sites (N-methyl/N-ethyl adjacent to an activating group) is 1. The second-order valence-corrected chi connectivity index (χ2v) is 4.74. The number of nitrogens with zero attached hydrogens (tertiary/aromatic N) is 2. The lowest BCUT2D eigenvalue weighted by molar-refractivity contribution is 0.600. The zero-order valence-electron chi connectivity index (χ0n) is 9.68. The van der Waals surface area contributed by atoms with Gasteiger partial charge in [0.2, 0.25) is 0 Å². The highest BCUT2D eigenvalue weighted by molar-refractivity contribution is 7.10. The van der Waals surface area contributed by atoms with Crippen molar-refractivity contribution in [3.8, 4) is 0 Å². The van der Waals surface area contributed by atoms with E-state index in [-0.39, 0.29) is 0 Å². The van der Waals surface area contributed by atoms with Gasteiger partial charge in [-0.15, -0.1) is 11.3 Å². The smallest absolute Gasteiger partial charge is 0.0522 e. The Morgan fingerprint density at radius 2 is 2.44 bits per heavy atom. The van der Waals surface area contributed by atoms with Crippen LogP contribution in [0.25, 0.3) is 0 Å². The molecule has 16 heavy (non-hydrogen) atoms. The van der Waals surface area contributed by atoms with Gasteiger partial charge in [0.05, 0.1) is 6.20 Å². The number of hydrogen-bond acceptors (Lipinski definition) is 3. The summed E-state index contributed by atoms with van der Waals surface area (Å²) in [6.45, 7) is 3.04. The van der Waals surface area contributed by atoms with E-state index in [0.29, 0.717) is 6.04 Å². The minimum Gasteiger partial charge on any atom is -0.312 e. The highest BCUT2D eigenvalue weighted by atomic mass is 32.1. The van der Waals surface area contributed by atoms with Gasteiger partial charge in [0.25, 0.3) is 0 Å². The van der Waals surface area contributed by atoms with E-state index in [1.807, 2.05) is 17.9 Å². The van der Waals surface area contributed by atoms with Gasteiger partial charge in [-0.1, -0.05) is 6.07 Å². The lowest BCUT2D eigenvalue weighted by Crippen LogP contribution is -2.17. The van der Waals surface area contributed by atoms with E-state index in [4.69, 9.17) is 0 Å². The summed E-state index contributed by atoms with van der Waals surface area (Å²) in [6, 6.07) is 4.67. The molecule has 0 saturated carbocycles. The summed E-state index contributed by atoms with van der Waals surface area (Å²) < 4.78 is 1.97. The number of thiophene rings is 1. The molecule has 0 bridgehead atoms. The number of rotatable bonds is 5. The topological polar surface area (TPSA) is 29.9 Å². The first kappa shape index (κ1) is 11.4. The minimum atomic E-state index is 0.398. The monoisotopic (exact) mass is 235 g/mol. The van der Waals surface area contributed by atoms with Crippen molar-refractivity contribution in [2.24, 2.45) is 0 Å². The Morgan fingerprint density at radius 3 is 3.00 bits per heavy atom. The molecule has 0 aromatic carbocycles. The zero-order chi connectivity index (χ0) is 11.4. The van der Waals surface area contributed by atoms with Crippen LogP contribution in [-0.2, 0) is 13.0 Å². The third-order valence-electron chi connectivity index (χ3n) is 2.69. The largest absolute Gasteiger partial charge is 0.312 e. The van der Waals surface area contributed by atoms with Crippen molar-refractivity contribution in [2.75, 3.05) is 7.05 Å². The number of aryl methyl sites for hydroxylation is 1. The Bertz CT molecular complexity index is 419. The van der Waals surface area contributed by atoms with Crippen molar-refractivity contribution in [2.45, 2.75) is 25.9 Å². The van der Waals surface area contributed by atoms with Crippen LogP contribution >= 0.6 is 11.3 Å². The summed E-state index contributed by atoms with van der Waals surface area (Å²) in [5, 5.41) is 9.77.